The molecule has 1 radical (unpaired) electrons. The van der Waals surface area contributed by atoms with Crippen molar-refractivity contribution in [2.45, 2.75) is 0 Å². The van der Waals surface area contributed by atoms with E-state index in [0.29, 0.717) is 0 Å². The van der Waals surface area contributed by atoms with Gasteiger partial charge in [-0.15, -0.1) is 0 Å². The van der Waals surface area contributed by atoms with Gasteiger partial charge in [0.1, 0.15) is 0 Å². The predicted molar refractivity (Wildman–Crippen MR) is 216 cm³/mol. The van der Waals surface area contributed by atoms with Crippen molar-refractivity contribution in [1.82, 2.24) is 19.9 Å². The van der Waals surface area contributed by atoms with Crippen LogP contribution in [-0.4, -0.2) is 19.9 Å². The second-order valence-electron chi connectivity index (χ2n) is 12.6. The summed E-state index contributed by atoms with van der Waals surface area (Å²) in [7, 11) is 0. The van der Waals surface area contributed by atoms with Gasteiger partial charge in [-0.3, -0.25) is 19.9 Å². The fourth-order valence-electron chi connectivity index (χ4n) is 7.13. The van der Waals surface area contributed by atoms with Crippen molar-refractivity contribution in [1.29, 1.82) is 0 Å². The molecule has 0 saturated heterocycles. The normalized spacial score (nSPS) is 10.9. The average molecular weight is 728 g/mol. The number of benzene rings is 6. The van der Waals surface area contributed by atoms with Crippen molar-refractivity contribution in [2.24, 2.45) is 0 Å². The maximum Gasteiger partial charge on any atom is 2.00 e. The van der Waals surface area contributed by atoms with Crippen molar-refractivity contribution in [2.75, 3.05) is 0 Å². The van der Waals surface area contributed by atoms with Crippen LogP contribution in [0.3, 0.4) is 0 Å². The van der Waals surface area contributed by atoms with E-state index >= 15 is 0 Å². The van der Waals surface area contributed by atoms with Gasteiger partial charge in [0.2, 0.25) is 0 Å². The Bertz CT molecular complexity index is 2430. The molecule has 0 unspecified atom stereocenters. The van der Waals surface area contributed by atoms with Gasteiger partial charge in [0.25, 0.3) is 0 Å². The minimum Gasteiger partial charge on any atom is -0.254 e. The van der Waals surface area contributed by atoms with Gasteiger partial charge in [-0.05, 0) is 68.8 Å². The molecule has 6 aromatic carbocycles. The summed E-state index contributed by atoms with van der Waals surface area (Å²) in [4.78, 5) is 18.7. The minimum atomic E-state index is 0. The number of hydrogen-bond acceptors (Lipinski definition) is 4. The summed E-state index contributed by atoms with van der Waals surface area (Å²) >= 11 is 0. The van der Waals surface area contributed by atoms with Crippen LogP contribution in [0.4, 0.5) is 0 Å². The molecular weight excluding hydrogens is 696 g/mol. The largest absolute Gasteiger partial charge is 2.00 e. The van der Waals surface area contributed by atoms with Crippen LogP contribution < -0.4 is 0 Å². The first-order valence-corrected chi connectivity index (χ1v) is 17.4. The van der Waals surface area contributed by atoms with Gasteiger partial charge in [0.05, 0.1) is 22.1 Å². The smallest absolute Gasteiger partial charge is 0.254 e. The van der Waals surface area contributed by atoms with Crippen LogP contribution in [0.25, 0.3) is 88.1 Å². The van der Waals surface area contributed by atoms with Crippen LogP contribution in [0.15, 0.2) is 195 Å². The monoisotopic (exact) mass is 727 g/mol. The molecule has 0 atom stereocenters. The van der Waals surface area contributed by atoms with Crippen LogP contribution in [0, 0.1) is 0 Å². The maximum atomic E-state index is 4.67. The molecule has 0 bridgehead atoms. The number of pyridine rings is 4. The Balaban J connectivity index is 0.000000148. The van der Waals surface area contributed by atoms with Gasteiger partial charge >= 0.3 is 17.1 Å². The summed E-state index contributed by atoms with van der Waals surface area (Å²) in [5.74, 6) is 0. The molecule has 10 rings (SSSR count). The third-order valence-electron chi connectivity index (χ3n) is 9.58. The Hall–Kier alpha value is -6.52. The van der Waals surface area contributed by atoms with Gasteiger partial charge in [-0.1, -0.05) is 146 Å². The number of fused-ring (bicyclic) bond motifs is 6. The number of nitrogens with zero attached hydrogens (tertiary/aromatic N) is 4. The van der Waals surface area contributed by atoms with Gasteiger partial charge in [-0.2, -0.15) is 0 Å². The summed E-state index contributed by atoms with van der Waals surface area (Å²) in [6.45, 7) is 0. The SMILES string of the molecule is [Cu+2].c1ccc(-c2ccnc3c2ccc2c(-c4ccccc4)ccnc23)cc1.c1ccc(-c2ccnc3c2ccc2c(-c4ccccc4)ccnc23)cc1. The van der Waals surface area contributed by atoms with Gasteiger partial charge < -0.3 is 0 Å². The molecule has 0 spiro atoms. The fraction of sp³-hybridized carbons (Fsp3) is 0. The third-order valence-corrected chi connectivity index (χ3v) is 9.58. The molecule has 4 aromatic heterocycles. The van der Waals surface area contributed by atoms with E-state index in [4.69, 9.17) is 0 Å². The van der Waals surface area contributed by atoms with Crippen molar-refractivity contribution in [3.63, 3.8) is 0 Å². The molecule has 10 aromatic rings. The standard InChI is InChI=1S/2C24H16N2.Cu/c2*1-3-7-17(8-4-1)19-13-15-25-23-21(19)11-12-22-20(14-16-26-24(22)23)18-9-5-2-6-10-18;/h2*1-16H;/q;;+2. The maximum absolute atomic E-state index is 4.67. The van der Waals surface area contributed by atoms with Crippen LogP contribution in [0.2, 0.25) is 0 Å². The van der Waals surface area contributed by atoms with Crippen LogP contribution in [-0.2, 0) is 17.1 Å². The van der Waals surface area contributed by atoms with E-state index in [1.54, 1.807) is 0 Å². The summed E-state index contributed by atoms with van der Waals surface area (Å²) in [5.41, 5.74) is 13.3. The fourth-order valence-corrected chi connectivity index (χ4v) is 7.13. The zero-order chi connectivity index (χ0) is 34.7. The first-order valence-electron chi connectivity index (χ1n) is 17.4. The molecule has 0 saturated carbocycles. The van der Waals surface area contributed by atoms with Crippen LogP contribution in [0.5, 0.6) is 0 Å². The molecule has 0 aliphatic rings. The van der Waals surface area contributed by atoms with Crippen molar-refractivity contribution in [3.05, 3.63) is 195 Å². The molecule has 0 aliphatic carbocycles. The Labute approximate surface area is 318 Å². The topological polar surface area (TPSA) is 51.6 Å². The van der Waals surface area contributed by atoms with Crippen molar-refractivity contribution in [3.8, 4) is 44.5 Å². The summed E-state index contributed by atoms with van der Waals surface area (Å²) < 4.78 is 0. The molecule has 0 aliphatic heterocycles. The van der Waals surface area contributed by atoms with Crippen molar-refractivity contribution >= 4 is 43.6 Å². The molecule has 253 valence electrons. The van der Waals surface area contributed by atoms with E-state index in [9.17, 15) is 0 Å². The molecule has 53 heavy (non-hydrogen) atoms. The number of rotatable bonds is 4. The summed E-state index contributed by atoms with van der Waals surface area (Å²) in [6.07, 6.45) is 7.50. The molecule has 4 heterocycles. The number of hydrogen-bond donors (Lipinski definition) is 0. The first kappa shape index (κ1) is 33.6. The Morgan fingerprint density at radius 3 is 0.642 bits per heavy atom. The van der Waals surface area contributed by atoms with E-state index in [-0.39, 0.29) is 17.1 Å². The molecule has 0 N–H and O–H groups in total. The summed E-state index contributed by atoms with van der Waals surface area (Å²) in [6, 6.07) is 58.7. The zero-order valence-corrected chi connectivity index (χ0v) is 29.5. The van der Waals surface area contributed by atoms with E-state index in [1.165, 1.54) is 44.5 Å². The van der Waals surface area contributed by atoms with Gasteiger partial charge in [0.15, 0.2) is 0 Å². The molecule has 0 fully saturated rings. The molecule has 4 nitrogen and oxygen atoms in total. The third kappa shape index (κ3) is 6.45. The Morgan fingerprint density at radius 1 is 0.226 bits per heavy atom. The zero-order valence-electron chi connectivity index (χ0n) is 28.6. The van der Waals surface area contributed by atoms with E-state index in [2.05, 4.69) is 166 Å². The average Bonchev–Trinajstić information content (AvgIpc) is 3.24. The van der Waals surface area contributed by atoms with Crippen LogP contribution in [0.1, 0.15) is 0 Å². The Morgan fingerprint density at radius 2 is 0.434 bits per heavy atom. The second kappa shape index (κ2) is 15.0. The van der Waals surface area contributed by atoms with E-state index in [0.717, 1.165) is 43.6 Å². The molecular formula is C48H32CuN4+2. The van der Waals surface area contributed by atoms with Crippen molar-refractivity contribution < 1.29 is 17.1 Å². The summed E-state index contributed by atoms with van der Waals surface area (Å²) in [5, 5.41) is 4.51. The predicted octanol–water partition coefficient (Wildman–Crippen LogP) is 12.2. The first-order chi connectivity index (χ1) is 25.8. The Kier molecular flexibility index (Phi) is 9.51. The molecule has 5 heteroatoms. The van der Waals surface area contributed by atoms with Crippen LogP contribution >= 0.6 is 0 Å². The van der Waals surface area contributed by atoms with Gasteiger partial charge in [0, 0.05) is 46.3 Å². The van der Waals surface area contributed by atoms with Gasteiger partial charge in [-0.25, -0.2) is 0 Å². The minimum absolute atomic E-state index is 0. The quantitative estimate of drug-likeness (QED) is 0.134. The number of aromatic nitrogens is 4. The molecule has 0 amide bonds. The second-order valence-corrected chi connectivity index (χ2v) is 12.6. The van der Waals surface area contributed by atoms with E-state index < -0.39 is 0 Å². The van der Waals surface area contributed by atoms with E-state index in [1.807, 2.05) is 49.1 Å².